The Bertz CT molecular complexity index is 369. The van der Waals surface area contributed by atoms with Crippen LogP contribution in [0.5, 0.6) is 0 Å². The third-order valence-corrected chi connectivity index (χ3v) is 2.02. The van der Waals surface area contributed by atoms with Crippen molar-refractivity contribution in [3.05, 3.63) is 29.8 Å². The Morgan fingerprint density at radius 2 is 2.12 bits per heavy atom. The van der Waals surface area contributed by atoms with Crippen molar-refractivity contribution in [2.45, 2.75) is 19.8 Å². The van der Waals surface area contributed by atoms with E-state index < -0.39 is 17.7 Å². The molecule has 2 N–H and O–H groups in total. The van der Waals surface area contributed by atoms with Gasteiger partial charge in [0.15, 0.2) is 11.6 Å². The maximum atomic E-state index is 13.1. The van der Waals surface area contributed by atoms with Crippen LogP contribution in [-0.4, -0.2) is 12.6 Å². The van der Waals surface area contributed by atoms with E-state index in [9.17, 15) is 13.6 Å². The van der Waals surface area contributed by atoms with Crippen LogP contribution in [0.1, 0.15) is 19.8 Å². The van der Waals surface area contributed by atoms with Gasteiger partial charge in [-0.25, -0.2) is 13.6 Å². The first-order valence-electron chi connectivity index (χ1n) is 5.14. The van der Waals surface area contributed by atoms with E-state index in [0.717, 1.165) is 18.9 Å². The topological polar surface area (TPSA) is 41.1 Å². The molecule has 0 saturated heterocycles. The zero-order chi connectivity index (χ0) is 12.0. The average Bonchev–Trinajstić information content (AvgIpc) is 2.25. The first-order valence-corrected chi connectivity index (χ1v) is 5.14. The number of hydrogen-bond acceptors (Lipinski definition) is 1. The quantitative estimate of drug-likeness (QED) is 0.764. The second-order valence-electron chi connectivity index (χ2n) is 3.34. The van der Waals surface area contributed by atoms with Gasteiger partial charge in [-0.1, -0.05) is 19.4 Å². The number of amides is 2. The smallest absolute Gasteiger partial charge is 0.319 e. The summed E-state index contributed by atoms with van der Waals surface area (Å²) in [7, 11) is 0. The molecule has 0 fully saturated rings. The summed E-state index contributed by atoms with van der Waals surface area (Å²) in [6, 6.07) is 3.10. The van der Waals surface area contributed by atoms with Gasteiger partial charge >= 0.3 is 6.03 Å². The molecule has 2 amide bonds. The molecule has 16 heavy (non-hydrogen) atoms. The number of rotatable bonds is 4. The number of unbranched alkanes of at least 4 members (excludes halogenated alkanes) is 1. The van der Waals surface area contributed by atoms with E-state index in [1.807, 2.05) is 6.92 Å². The SMILES string of the molecule is CCCCNC(=O)Nc1cccc(F)c1F. The van der Waals surface area contributed by atoms with E-state index in [0.29, 0.717) is 6.54 Å². The van der Waals surface area contributed by atoms with E-state index in [1.54, 1.807) is 0 Å². The fourth-order valence-electron chi connectivity index (χ4n) is 1.15. The summed E-state index contributed by atoms with van der Waals surface area (Å²) in [5, 5.41) is 4.78. The number of halogens is 2. The van der Waals surface area contributed by atoms with Crippen LogP contribution in [0.4, 0.5) is 19.3 Å². The van der Waals surface area contributed by atoms with Crippen LogP contribution < -0.4 is 10.6 Å². The van der Waals surface area contributed by atoms with Crippen molar-refractivity contribution in [2.75, 3.05) is 11.9 Å². The van der Waals surface area contributed by atoms with Crippen LogP contribution in [0.3, 0.4) is 0 Å². The summed E-state index contributed by atoms with van der Waals surface area (Å²) in [6.45, 7) is 2.51. The number of urea groups is 1. The van der Waals surface area contributed by atoms with Gasteiger partial charge in [0.1, 0.15) is 0 Å². The summed E-state index contributed by atoms with van der Waals surface area (Å²) < 4.78 is 25.9. The van der Waals surface area contributed by atoms with Crippen LogP contribution >= 0.6 is 0 Å². The second-order valence-corrected chi connectivity index (χ2v) is 3.34. The molecule has 0 aliphatic heterocycles. The highest BCUT2D eigenvalue weighted by Crippen LogP contribution is 2.16. The first kappa shape index (κ1) is 12.4. The van der Waals surface area contributed by atoms with Crippen molar-refractivity contribution < 1.29 is 13.6 Å². The number of benzene rings is 1. The Labute approximate surface area is 92.8 Å². The maximum absolute atomic E-state index is 13.1. The molecule has 3 nitrogen and oxygen atoms in total. The molecular formula is C11H14F2N2O. The Hall–Kier alpha value is -1.65. The van der Waals surface area contributed by atoms with Crippen LogP contribution in [0.25, 0.3) is 0 Å². The van der Waals surface area contributed by atoms with Gasteiger partial charge in [0.2, 0.25) is 0 Å². The average molecular weight is 228 g/mol. The monoisotopic (exact) mass is 228 g/mol. The van der Waals surface area contributed by atoms with E-state index in [-0.39, 0.29) is 5.69 Å². The Balaban J connectivity index is 2.53. The van der Waals surface area contributed by atoms with Gasteiger partial charge in [0, 0.05) is 6.54 Å². The second kappa shape index (κ2) is 6.05. The van der Waals surface area contributed by atoms with E-state index in [2.05, 4.69) is 10.6 Å². The van der Waals surface area contributed by atoms with E-state index >= 15 is 0 Å². The maximum Gasteiger partial charge on any atom is 0.319 e. The van der Waals surface area contributed by atoms with Crippen molar-refractivity contribution in [3.8, 4) is 0 Å². The highest BCUT2D eigenvalue weighted by atomic mass is 19.2. The number of anilines is 1. The van der Waals surface area contributed by atoms with Gasteiger partial charge in [0.05, 0.1) is 5.69 Å². The molecule has 0 aliphatic rings. The van der Waals surface area contributed by atoms with Crippen LogP contribution in [-0.2, 0) is 0 Å². The molecule has 0 aromatic heterocycles. The lowest BCUT2D eigenvalue weighted by Crippen LogP contribution is -2.29. The van der Waals surface area contributed by atoms with Gasteiger partial charge < -0.3 is 10.6 Å². The fourth-order valence-corrected chi connectivity index (χ4v) is 1.15. The molecule has 1 aromatic carbocycles. The molecule has 1 rings (SSSR count). The molecular weight excluding hydrogens is 214 g/mol. The minimum Gasteiger partial charge on any atom is -0.338 e. The predicted octanol–water partition coefficient (Wildman–Crippen LogP) is 2.89. The van der Waals surface area contributed by atoms with Gasteiger partial charge in [-0.05, 0) is 18.6 Å². The van der Waals surface area contributed by atoms with Crippen molar-refractivity contribution >= 4 is 11.7 Å². The minimum atomic E-state index is -1.05. The number of hydrogen-bond donors (Lipinski definition) is 2. The molecule has 0 atom stereocenters. The predicted molar refractivity (Wildman–Crippen MR) is 58.3 cm³/mol. The number of nitrogens with one attached hydrogen (secondary N) is 2. The van der Waals surface area contributed by atoms with Gasteiger partial charge in [-0.15, -0.1) is 0 Å². The van der Waals surface area contributed by atoms with Crippen LogP contribution in [0.2, 0.25) is 0 Å². The summed E-state index contributed by atoms with van der Waals surface area (Å²) >= 11 is 0. The largest absolute Gasteiger partial charge is 0.338 e. The lowest BCUT2D eigenvalue weighted by Gasteiger charge is -2.07. The lowest BCUT2D eigenvalue weighted by molar-refractivity contribution is 0.252. The normalized spacial score (nSPS) is 9.94. The summed E-state index contributed by atoms with van der Waals surface area (Å²) in [4.78, 5) is 11.2. The molecule has 0 heterocycles. The molecule has 0 radical (unpaired) electrons. The third kappa shape index (κ3) is 3.49. The Morgan fingerprint density at radius 3 is 2.81 bits per heavy atom. The zero-order valence-corrected chi connectivity index (χ0v) is 9.02. The van der Waals surface area contributed by atoms with Gasteiger partial charge in [0.25, 0.3) is 0 Å². The Kier molecular flexibility index (Phi) is 4.69. The van der Waals surface area contributed by atoms with Crippen LogP contribution in [0, 0.1) is 11.6 Å². The summed E-state index contributed by atoms with van der Waals surface area (Å²) in [5.74, 6) is -2.03. The molecule has 0 saturated carbocycles. The van der Waals surface area contributed by atoms with Crippen molar-refractivity contribution in [2.24, 2.45) is 0 Å². The van der Waals surface area contributed by atoms with E-state index in [4.69, 9.17) is 0 Å². The molecule has 0 unspecified atom stereocenters. The minimum absolute atomic E-state index is 0.158. The Morgan fingerprint density at radius 1 is 1.38 bits per heavy atom. The standard InChI is InChI=1S/C11H14F2N2O/c1-2-3-7-14-11(16)15-9-6-4-5-8(12)10(9)13/h4-6H,2-3,7H2,1H3,(H2,14,15,16). The molecule has 1 aromatic rings. The fraction of sp³-hybridized carbons (Fsp3) is 0.364. The zero-order valence-electron chi connectivity index (χ0n) is 9.02. The molecule has 0 spiro atoms. The molecule has 0 aliphatic carbocycles. The first-order chi connectivity index (χ1) is 7.65. The lowest BCUT2D eigenvalue weighted by atomic mass is 10.3. The third-order valence-electron chi connectivity index (χ3n) is 2.02. The van der Waals surface area contributed by atoms with Crippen molar-refractivity contribution in [3.63, 3.8) is 0 Å². The van der Waals surface area contributed by atoms with E-state index in [1.165, 1.54) is 12.1 Å². The summed E-state index contributed by atoms with van der Waals surface area (Å²) in [5.41, 5.74) is -0.158. The van der Waals surface area contributed by atoms with Crippen LogP contribution in [0.15, 0.2) is 18.2 Å². The van der Waals surface area contributed by atoms with Crippen molar-refractivity contribution in [1.29, 1.82) is 0 Å². The van der Waals surface area contributed by atoms with Crippen molar-refractivity contribution in [1.82, 2.24) is 5.32 Å². The highest BCUT2D eigenvalue weighted by Gasteiger charge is 2.09. The molecule has 88 valence electrons. The van der Waals surface area contributed by atoms with Gasteiger partial charge in [-0.3, -0.25) is 0 Å². The number of carbonyl (C=O) groups excluding carboxylic acids is 1. The molecule has 5 heteroatoms. The van der Waals surface area contributed by atoms with Gasteiger partial charge in [-0.2, -0.15) is 0 Å². The number of carbonyl (C=O) groups is 1. The summed E-state index contributed by atoms with van der Waals surface area (Å²) in [6.07, 6.45) is 1.80. The molecule has 0 bridgehead atoms. The highest BCUT2D eigenvalue weighted by molar-refractivity contribution is 5.89.